The minimum Gasteiger partial charge on any atom is -0.378 e. The lowest BCUT2D eigenvalue weighted by Gasteiger charge is -2.37. The van der Waals surface area contributed by atoms with Crippen LogP contribution in [0.1, 0.15) is 54.4 Å². The number of likely N-dealkylation sites (tertiary alicyclic amines) is 1. The first-order valence-corrected chi connectivity index (χ1v) is 8.79. The van der Waals surface area contributed by atoms with Gasteiger partial charge in [0.1, 0.15) is 0 Å². The molecule has 0 spiro atoms. The molecule has 0 saturated carbocycles. The van der Waals surface area contributed by atoms with E-state index in [-0.39, 0.29) is 5.92 Å². The zero-order valence-corrected chi connectivity index (χ0v) is 15.0. The molecule has 1 amide bonds. The first-order chi connectivity index (χ1) is 10.2. The molecular formula is C17H36N2O2. The van der Waals surface area contributed by atoms with Gasteiger partial charge in [-0.15, -0.1) is 0 Å². The topological polar surface area (TPSA) is 32.8 Å². The molecule has 2 aliphatic rings. The summed E-state index contributed by atoms with van der Waals surface area (Å²) in [5.74, 6) is 0.611. The summed E-state index contributed by atoms with van der Waals surface area (Å²) in [5.41, 5.74) is 0. The summed E-state index contributed by atoms with van der Waals surface area (Å²) in [7, 11) is 0. The Morgan fingerprint density at radius 2 is 1.43 bits per heavy atom. The lowest BCUT2D eigenvalue weighted by atomic mass is 9.94. The van der Waals surface area contributed by atoms with E-state index in [0.29, 0.717) is 25.2 Å². The molecule has 0 atom stereocenters. The van der Waals surface area contributed by atoms with Crippen LogP contribution in [0.3, 0.4) is 0 Å². The molecule has 0 unspecified atom stereocenters. The third-order valence-electron chi connectivity index (χ3n) is 3.93. The highest BCUT2D eigenvalue weighted by molar-refractivity contribution is 5.79. The van der Waals surface area contributed by atoms with Crippen molar-refractivity contribution in [2.75, 3.05) is 39.4 Å². The van der Waals surface area contributed by atoms with Crippen LogP contribution in [0.2, 0.25) is 0 Å². The number of hydrogen-bond donors (Lipinski definition) is 0. The number of carbonyl (C=O) groups excluding carboxylic acids is 1. The number of nitrogens with zero attached hydrogens (tertiary/aromatic N) is 2. The van der Waals surface area contributed by atoms with Crippen LogP contribution >= 0.6 is 0 Å². The van der Waals surface area contributed by atoms with E-state index in [9.17, 15) is 4.79 Å². The molecule has 2 rings (SSSR count). The molecule has 4 heteroatoms. The van der Waals surface area contributed by atoms with Gasteiger partial charge in [0.25, 0.3) is 0 Å². The second-order valence-electron chi connectivity index (χ2n) is 5.34. The van der Waals surface area contributed by atoms with Gasteiger partial charge in [-0.2, -0.15) is 0 Å². The fourth-order valence-electron chi connectivity index (χ4n) is 2.70. The fourth-order valence-corrected chi connectivity index (χ4v) is 2.70. The molecule has 0 aromatic carbocycles. The van der Waals surface area contributed by atoms with E-state index in [1.54, 1.807) is 0 Å². The number of morpholine rings is 1. The van der Waals surface area contributed by atoms with Gasteiger partial charge in [-0.1, -0.05) is 27.7 Å². The summed E-state index contributed by atoms with van der Waals surface area (Å²) < 4.78 is 5.28. The fraction of sp³-hybridized carbons (Fsp3) is 0.941. The maximum Gasteiger partial charge on any atom is 0.225 e. The van der Waals surface area contributed by atoms with E-state index in [2.05, 4.69) is 18.7 Å². The van der Waals surface area contributed by atoms with Crippen LogP contribution in [0, 0.1) is 5.92 Å². The Labute approximate surface area is 131 Å². The Morgan fingerprint density at radius 1 is 0.952 bits per heavy atom. The normalized spacial score (nSPS) is 20.2. The third kappa shape index (κ3) is 6.79. The van der Waals surface area contributed by atoms with E-state index in [1.807, 2.05) is 32.6 Å². The summed E-state index contributed by atoms with van der Waals surface area (Å²) in [5, 5.41) is 0. The van der Waals surface area contributed by atoms with Crippen molar-refractivity contribution in [3.63, 3.8) is 0 Å². The molecule has 126 valence electrons. The van der Waals surface area contributed by atoms with Gasteiger partial charge in [0, 0.05) is 25.0 Å². The molecule has 0 aromatic rings. The second kappa shape index (κ2) is 12.0. The molecule has 2 fully saturated rings. The first-order valence-electron chi connectivity index (χ1n) is 8.79. The summed E-state index contributed by atoms with van der Waals surface area (Å²) in [6.07, 6.45) is 2.04. The van der Waals surface area contributed by atoms with Gasteiger partial charge in [-0.25, -0.2) is 0 Å². The number of amides is 1. The largest absolute Gasteiger partial charge is 0.378 e. The van der Waals surface area contributed by atoms with Crippen LogP contribution in [-0.2, 0) is 9.53 Å². The first kappa shape index (κ1) is 20.4. The molecule has 0 radical (unpaired) electrons. The van der Waals surface area contributed by atoms with E-state index in [0.717, 1.165) is 39.0 Å². The number of carbonyl (C=O) groups is 1. The standard InChI is InChI=1S/C13H24N2O2.2C2H6/c1-11(2)14-5-3-12(4-6-14)13(16)15-7-9-17-10-8-15;2*1-2/h11-12H,3-10H2,1-2H3;2*1-2H3. The lowest BCUT2D eigenvalue weighted by Crippen LogP contribution is -2.47. The van der Waals surface area contributed by atoms with Crippen molar-refractivity contribution in [1.29, 1.82) is 0 Å². The van der Waals surface area contributed by atoms with Crippen LogP contribution in [0.25, 0.3) is 0 Å². The zero-order chi connectivity index (χ0) is 16.3. The number of hydrogen-bond acceptors (Lipinski definition) is 3. The molecule has 0 aromatic heterocycles. The Balaban J connectivity index is 0.000000921. The molecule has 21 heavy (non-hydrogen) atoms. The van der Waals surface area contributed by atoms with Crippen molar-refractivity contribution in [1.82, 2.24) is 9.80 Å². The summed E-state index contributed by atoms with van der Waals surface area (Å²) in [4.78, 5) is 16.7. The predicted octanol–water partition coefficient (Wildman–Crippen LogP) is 3.02. The van der Waals surface area contributed by atoms with Gasteiger partial charge < -0.3 is 14.5 Å². The second-order valence-corrected chi connectivity index (χ2v) is 5.34. The number of rotatable bonds is 2. The minimum atomic E-state index is 0.253. The van der Waals surface area contributed by atoms with Crippen molar-refractivity contribution >= 4 is 5.91 Å². The Bertz CT molecular complexity index is 256. The van der Waals surface area contributed by atoms with Gasteiger partial charge in [-0.05, 0) is 39.8 Å². The predicted molar refractivity (Wildman–Crippen MR) is 89.5 cm³/mol. The van der Waals surface area contributed by atoms with Crippen molar-refractivity contribution in [3.8, 4) is 0 Å². The highest BCUT2D eigenvalue weighted by atomic mass is 16.5. The van der Waals surface area contributed by atoms with E-state index >= 15 is 0 Å². The van der Waals surface area contributed by atoms with E-state index < -0.39 is 0 Å². The van der Waals surface area contributed by atoms with Crippen LogP contribution in [-0.4, -0.2) is 61.1 Å². The molecule has 4 nitrogen and oxygen atoms in total. The van der Waals surface area contributed by atoms with Crippen molar-refractivity contribution in [2.45, 2.75) is 60.4 Å². The van der Waals surface area contributed by atoms with Crippen molar-refractivity contribution in [3.05, 3.63) is 0 Å². The lowest BCUT2D eigenvalue weighted by molar-refractivity contribution is -0.141. The van der Waals surface area contributed by atoms with Crippen LogP contribution in [0.15, 0.2) is 0 Å². The molecule has 0 N–H and O–H groups in total. The van der Waals surface area contributed by atoms with Gasteiger partial charge in [0.05, 0.1) is 13.2 Å². The minimum absolute atomic E-state index is 0.253. The Kier molecular flexibility index (Phi) is 11.6. The molecule has 0 aliphatic carbocycles. The third-order valence-corrected chi connectivity index (χ3v) is 3.93. The Hall–Kier alpha value is -0.610. The maximum atomic E-state index is 12.3. The molecule has 2 heterocycles. The number of ether oxygens (including phenoxy) is 1. The average molecular weight is 300 g/mol. The van der Waals surface area contributed by atoms with Gasteiger partial charge >= 0.3 is 0 Å². The van der Waals surface area contributed by atoms with Crippen LogP contribution in [0.4, 0.5) is 0 Å². The maximum absolute atomic E-state index is 12.3. The highest BCUT2D eigenvalue weighted by Crippen LogP contribution is 2.21. The molecule has 2 saturated heterocycles. The monoisotopic (exact) mass is 300 g/mol. The quantitative estimate of drug-likeness (QED) is 0.786. The van der Waals surface area contributed by atoms with Crippen molar-refractivity contribution in [2.24, 2.45) is 5.92 Å². The smallest absolute Gasteiger partial charge is 0.225 e. The highest BCUT2D eigenvalue weighted by Gasteiger charge is 2.29. The molecule has 0 bridgehead atoms. The molecule has 2 aliphatic heterocycles. The summed E-state index contributed by atoms with van der Waals surface area (Å²) >= 11 is 0. The summed E-state index contributed by atoms with van der Waals surface area (Å²) in [6.45, 7) is 17.6. The van der Waals surface area contributed by atoms with Gasteiger partial charge in [0.15, 0.2) is 0 Å². The molecular weight excluding hydrogens is 264 g/mol. The Morgan fingerprint density at radius 3 is 1.86 bits per heavy atom. The van der Waals surface area contributed by atoms with Crippen molar-refractivity contribution < 1.29 is 9.53 Å². The van der Waals surface area contributed by atoms with E-state index in [4.69, 9.17) is 4.74 Å². The van der Waals surface area contributed by atoms with Crippen LogP contribution in [0.5, 0.6) is 0 Å². The van der Waals surface area contributed by atoms with Crippen LogP contribution < -0.4 is 0 Å². The SMILES string of the molecule is CC.CC.CC(C)N1CCC(C(=O)N2CCOCC2)CC1. The van der Waals surface area contributed by atoms with Gasteiger partial charge in [-0.3, -0.25) is 4.79 Å². The summed E-state index contributed by atoms with van der Waals surface area (Å²) in [6, 6.07) is 0.606. The average Bonchev–Trinajstić information content (AvgIpc) is 2.58. The zero-order valence-electron chi connectivity index (χ0n) is 15.0. The van der Waals surface area contributed by atoms with Gasteiger partial charge in [0.2, 0.25) is 5.91 Å². The van der Waals surface area contributed by atoms with E-state index in [1.165, 1.54) is 0 Å². The number of piperidine rings is 1.